The molecule has 4 rings (SSSR count). The molecule has 2 heterocycles. The summed E-state index contributed by atoms with van der Waals surface area (Å²) >= 11 is 6.10. The van der Waals surface area contributed by atoms with Gasteiger partial charge in [-0.2, -0.15) is 0 Å². The number of nitrogens with one attached hydrogen (secondary N) is 2. The first kappa shape index (κ1) is 17.9. The van der Waals surface area contributed by atoms with E-state index in [9.17, 15) is 0 Å². The molecule has 6 heteroatoms. The van der Waals surface area contributed by atoms with Crippen molar-refractivity contribution in [2.45, 2.75) is 6.54 Å². The van der Waals surface area contributed by atoms with E-state index in [1.165, 1.54) is 0 Å². The normalized spacial score (nSPS) is 10.5. The Bertz CT molecular complexity index is 1050. The Balaban J connectivity index is 1.64. The minimum absolute atomic E-state index is 0.572. The van der Waals surface area contributed by atoms with Crippen molar-refractivity contribution in [1.29, 1.82) is 0 Å². The minimum Gasteiger partial charge on any atom is -0.364 e. The van der Waals surface area contributed by atoms with Crippen LogP contribution >= 0.6 is 11.6 Å². The molecule has 138 valence electrons. The standard InChI is InChI=1S/C22H18ClN5/c23-17-9-6-11-18(13-17)26-21-14-20(25-15-19-10-4-5-12-24-19)27-22(28-21)16-7-2-1-3-8-16/h1-14H,15H2,(H2,25,26,27,28). The Labute approximate surface area is 168 Å². The van der Waals surface area contributed by atoms with Crippen molar-refractivity contribution in [3.63, 3.8) is 0 Å². The predicted octanol–water partition coefficient (Wildman–Crippen LogP) is 5.55. The van der Waals surface area contributed by atoms with E-state index in [1.807, 2.05) is 78.9 Å². The van der Waals surface area contributed by atoms with E-state index in [4.69, 9.17) is 11.6 Å². The fourth-order valence-electron chi connectivity index (χ4n) is 2.72. The topological polar surface area (TPSA) is 62.7 Å². The molecule has 0 aliphatic carbocycles. The van der Waals surface area contributed by atoms with Gasteiger partial charge in [0.15, 0.2) is 5.82 Å². The van der Waals surface area contributed by atoms with Crippen LogP contribution in [0.4, 0.5) is 17.3 Å². The summed E-state index contributed by atoms with van der Waals surface area (Å²) in [6, 6.07) is 25.1. The van der Waals surface area contributed by atoms with Crippen molar-refractivity contribution in [2.24, 2.45) is 0 Å². The molecule has 0 amide bonds. The number of pyridine rings is 1. The second kappa shape index (κ2) is 8.50. The van der Waals surface area contributed by atoms with E-state index in [2.05, 4.69) is 25.6 Å². The molecule has 0 atom stereocenters. The highest BCUT2D eigenvalue weighted by molar-refractivity contribution is 6.30. The molecule has 4 aromatic rings. The van der Waals surface area contributed by atoms with E-state index in [0.29, 0.717) is 29.0 Å². The van der Waals surface area contributed by atoms with E-state index in [-0.39, 0.29) is 0 Å². The number of hydrogen-bond acceptors (Lipinski definition) is 5. The van der Waals surface area contributed by atoms with Crippen LogP contribution in [0.2, 0.25) is 5.02 Å². The van der Waals surface area contributed by atoms with Gasteiger partial charge >= 0.3 is 0 Å². The summed E-state index contributed by atoms with van der Waals surface area (Å²) in [5.74, 6) is 2.03. The van der Waals surface area contributed by atoms with Crippen molar-refractivity contribution in [3.8, 4) is 11.4 Å². The molecule has 2 aromatic carbocycles. The fourth-order valence-corrected chi connectivity index (χ4v) is 2.91. The SMILES string of the molecule is Clc1cccc(Nc2cc(NCc3ccccn3)nc(-c3ccccc3)n2)c1. The van der Waals surface area contributed by atoms with Gasteiger partial charge in [-0.15, -0.1) is 0 Å². The largest absolute Gasteiger partial charge is 0.364 e. The lowest BCUT2D eigenvalue weighted by molar-refractivity contribution is 1.02. The summed E-state index contributed by atoms with van der Waals surface area (Å²) in [4.78, 5) is 13.7. The number of anilines is 3. The van der Waals surface area contributed by atoms with E-state index >= 15 is 0 Å². The predicted molar refractivity (Wildman–Crippen MR) is 114 cm³/mol. The lowest BCUT2D eigenvalue weighted by Gasteiger charge is -2.12. The fraction of sp³-hybridized carbons (Fsp3) is 0.0455. The molecule has 0 unspecified atom stereocenters. The van der Waals surface area contributed by atoms with Crippen LogP contribution in [-0.2, 0) is 6.54 Å². The average Bonchev–Trinajstić information content (AvgIpc) is 2.74. The van der Waals surface area contributed by atoms with Crippen LogP contribution in [0.15, 0.2) is 85.1 Å². The van der Waals surface area contributed by atoms with Crippen LogP contribution in [0.5, 0.6) is 0 Å². The van der Waals surface area contributed by atoms with Gasteiger partial charge < -0.3 is 10.6 Å². The zero-order valence-electron chi connectivity index (χ0n) is 15.0. The van der Waals surface area contributed by atoms with Gasteiger partial charge in [0.25, 0.3) is 0 Å². The van der Waals surface area contributed by atoms with Crippen molar-refractivity contribution >= 4 is 28.9 Å². The van der Waals surface area contributed by atoms with Crippen LogP contribution in [0.3, 0.4) is 0 Å². The Hall–Kier alpha value is -3.44. The molecule has 0 radical (unpaired) electrons. The Morgan fingerprint density at radius 2 is 1.61 bits per heavy atom. The maximum atomic E-state index is 6.10. The number of benzene rings is 2. The summed E-state index contributed by atoms with van der Waals surface area (Å²) in [5, 5.41) is 7.29. The van der Waals surface area contributed by atoms with Crippen molar-refractivity contribution in [2.75, 3.05) is 10.6 Å². The summed E-state index contributed by atoms with van der Waals surface area (Å²) in [7, 11) is 0. The highest BCUT2D eigenvalue weighted by atomic mass is 35.5. The Morgan fingerprint density at radius 1 is 0.786 bits per heavy atom. The van der Waals surface area contributed by atoms with Gasteiger partial charge in [0.2, 0.25) is 0 Å². The zero-order valence-corrected chi connectivity index (χ0v) is 15.8. The van der Waals surface area contributed by atoms with E-state index < -0.39 is 0 Å². The maximum Gasteiger partial charge on any atom is 0.163 e. The Morgan fingerprint density at radius 3 is 2.39 bits per heavy atom. The van der Waals surface area contributed by atoms with Gasteiger partial charge in [-0.05, 0) is 30.3 Å². The van der Waals surface area contributed by atoms with Crippen LogP contribution in [0.1, 0.15) is 5.69 Å². The molecule has 2 N–H and O–H groups in total. The highest BCUT2D eigenvalue weighted by Crippen LogP contribution is 2.24. The molecular weight excluding hydrogens is 370 g/mol. The number of aromatic nitrogens is 3. The third-order valence-electron chi connectivity index (χ3n) is 4.03. The molecule has 0 bridgehead atoms. The maximum absolute atomic E-state index is 6.10. The number of rotatable bonds is 6. The number of halogens is 1. The molecule has 0 saturated heterocycles. The molecule has 0 spiro atoms. The summed E-state index contributed by atoms with van der Waals surface area (Å²) in [5.41, 5.74) is 2.74. The first-order valence-corrected chi connectivity index (χ1v) is 9.25. The quantitative estimate of drug-likeness (QED) is 0.454. The van der Waals surface area contributed by atoms with Crippen LogP contribution in [-0.4, -0.2) is 15.0 Å². The van der Waals surface area contributed by atoms with E-state index in [1.54, 1.807) is 6.20 Å². The monoisotopic (exact) mass is 387 g/mol. The second-order valence-corrected chi connectivity index (χ2v) is 6.57. The molecule has 0 saturated carbocycles. The molecule has 0 aliphatic heterocycles. The van der Waals surface area contributed by atoms with Crippen LogP contribution in [0, 0.1) is 0 Å². The van der Waals surface area contributed by atoms with Crippen molar-refractivity contribution < 1.29 is 0 Å². The second-order valence-electron chi connectivity index (χ2n) is 6.14. The Kier molecular flexibility index (Phi) is 5.45. The number of nitrogens with zero attached hydrogens (tertiary/aromatic N) is 3. The van der Waals surface area contributed by atoms with Crippen LogP contribution in [0.25, 0.3) is 11.4 Å². The molecule has 5 nitrogen and oxygen atoms in total. The summed E-state index contributed by atoms with van der Waals surface area (Å²) in [6.07, 6.45) is 1.78. The van der Waals surface area contributed by atoms with Crippen LogP contribution < -0.4 is 10.6 Å². The molecule has 0 fully saturated rings. The average molecular weight is 388 g/mol. The van der Waals surface area contributed by atoms with Crippen molar-refractivity contribution in [1.82, 2.24) is 15.0 Å². The first-order valence-electron chi connectivity index (χ1n) is 8.87. The van der Waals surface area contributed by atoms with Gasteiger partial charge in [-0.3, -0.25) is 4.98 Å². The zero-order chi connectivity index (χ0) is 19.2. The molecular formula is C22H18ClN5. The van der Waals surface area contributed by atoms with Gasteiger partial charge in [-0.1, -0.05) is 54.1 Å². The molecule has 28 heavy (non-hydrogen) atoms. The number of hydrogen-bond donors (Lipinski definition) is 2. The van der Waals surface area contributed by atoms with Gasteiger partial charge in [0.05, 0.1) is 12.2 Å². The lowest BCUT2D eigenvalue weighted by Crippen LogP contribution is -2.06. The lowest BCUT2D eigenvalue weighted by atomic mass is 10.2. The molecule has 2 aromatic heterocycles. The third kappa shape index (κ3) is 4.64. The third-order valence-corrected chi connectivity index (χ3v) is 4.27. The van der Waals surface area contributed by atoms with Gasteiger partial charge in [0, 0.05) is 28.5 Å². The smallest absolute Gasteiger partial charge is 0.163 e. The highest BCUT2D eigenvalue weighted by Gasteiger charge is 2.08. The summed E-state index contributed by atoms with van der Waals surface area (Å²) < 4.78 is 0. The first-order chi connectivity index (χ1) is 13.8. The summed E-state index contributed by atoms with van der Waals surface area (Å²) in [6.45, 7) is 0.572. The minimum atomic E-state index is 0.572. The van der Waals surface area contributed by atoms with Gasteiger partial charge in [0.1, 0.15) is 11.6 Å². The van der Waals surface area contributed by atoms with Crippen molar-refractivity contribution in [3.05, 3.63) is 95.8 Å². The van der Waals surface area contributed by atoms with Gasteiger partial charge in [-0.25, -0.2) is 9.97 Å². The van der Waals surface area contributed by atoms with E-state index in [0.717, 1.165) is 16.9 Å². The molecule has 0 aliphatic rings.